The molecule has 0 aliphatic heterocycles. The lowest BCUT2D eigenvalue weighted by atomic mass is 10.1. The molecule has 0 unspecified atom stereocenters. The van der Waals surface area contributed by atoms with Gasteiger partial charge in [0.05, 0.1) is 0 Å². The number of rotatable bonds is 7. The van der Waals surface area contributed by atoms with Crippen LogP contribution in [0.3, 0.4) is 0 Å². The van der Waals surface area contributed by atoms with E-state index in [4.69, 9.17) is 4.42 Å². The van der Waals surface area contributed by atoms with E-state index in [1.807, 2.05) is 56.6 Å². The summed E-state index contributed by atoms with van der Waals surface area (Å²) in [7, 11) is 4.03. The molecule has 0 bridgehead atoms. The van der Waals surface area contributed by atoms with Crippen molar-refractivity contribution >= 4 is 5.91 Å². The summed E-state index contributed by atoms with van der Waals surface area (Å²) in [6, 6.07) is 16.8. The highest BCUT2D eigenvalue weighted by Crippen LogP contribution is 2.23. The number of nitrogens with zero attached hydrogens (tertiary/aromatic N) is 3. The first kappa shape index (κ1) is 17.8. The van der Waals surface area contributed by atoms with Gasteiger partial charge in [-0.05, 0) is 63.5 Å². The van der Waals surface area contributed by atoms with E-state index < -0.39 is 0 Å². The Balaban J connectivity index is 1.63. The molecular formula is C20H22N4O2. The molecule has 3 rings (SSSR count). The average molecular weight is 350 g/mol. The van der Waals surface area contributed by atoms with Crippen molar-refractivity contribution in [3.05, 3.63) is 60.2 Å². The van der Waals surface area contributed by atoms with Crippen molar-refractivity contribution in [3.8, 4) is 22.9 Å². The Labute approximate surface area is 152 Å². The van der Waals surface area contributed by atoms with Gasteiger partial charge in [0.25, 0.3) is 5.91 Å². The number of carbonyl (C=O) groups excluding carboxylic acids is 1. The predicted octanol–water partition coefficient (Wildman–Crippen LogP) is 3.09. The molecule has 0 fully saturated rings. The monoisotopic (exact) mass is 350 g/mol. The van der Waals surface area contributed by atoms with Gasteiger partial charge in [-0.2, -0.15) is 0 Å². The van der Waals surface area contributed by atoms with Crippen LogP contribution in [-0.2, 0) is 0 Å². The molecule has 1 N–H and O–H groups in total. The van der Waals surface area contributed by atoms with Crippen LogP contribution in [0.15, 0.2) is 59.0 Å². The molecule has 0 aliphatic rings. The minimum Gasteiger partial charge on any atom is -0.416 e. The van der Waals surface area contributed by atoms with Crippen molar-refractivity contribution in [3.63, 3.8) is 0 Å². The first-order chi connectivity index (χ1) is 12.6. The van der Waals surface area contributed by atoms with Crippen LogP contribution in [0.5, 0.6) is 0 Å². The number of amides is 1. The number of nitrogens with one attached hydrogen (secondary N) is 1. The Kier molecular flexibility index (Phi) is 5.76. The van der Waals surface area contributed by atoms with E-state index in [9.17, 15) is 4.79 Å². The van der Waals surface area contributed by atoms with Crippen molar-refractivity contribution in [1.82, 2.24) is 20.4 Å². The second-order valence-corrected chi connectivity index (χ2v) is 6.27. The Morgan fingerprint density at radius 3 is 2.19 bits per heavy atom. The van der Waals surface area contributed by atoms with Crippen LogP contribution in [-0.4, -0.2) is 48.2 Å². The van der Waals surface area contributed by atoms with Crippen molar-refractivity contribution in [2.45, 2.75) is 6.42 Å². The third-order valence-electron chi connectivity index (χ3n) is 3.91. The largest absolute Gasteiger partial charge is 0.416 e. The highest BCUT2D eigenvalue weighted by atomic mass is 16.4. The first-order valence-corrected chi connectivity index (χ1v) is 8.56. The quantitative estimate of drug-likeness (QED) is 0.663. The molecule has 1 aromatic heterocycles. The highest BCUT2D eigenvalue weighted by molar-refractivity contribution is 5.94. The molecule has 134 valence electrons. The summed E-state index contributed by atoms with van der Waals surface area (Å²) >= 11 is 0. The van der Waals surface area contributed by atoms with E-state index in [-0.39, 0.29) is 5.91 Å². The first-order valence-electron chi connectivity index (χ1n) is 8.56. The van der Waals surface area contributed by atoms with Crippen LogP contribution in [0.25, 0.3) is 22.9 Å². The summed E-state index contributed by atoms with van der Waals surface area (Å²) < 4.78 is 5.73. The standard InChI is InChI=1S/C20H22N4O2/c1-24(2)14-6-13-21-18(25)15-9-11-17(12-10-15)20-23-22-19(26-20)16-7-4-3-5-8-16/h3-5,7-12H,6,13-14H2,1-2H3,(H,21,25). The van der Waals surface area contributed by atoms with Gasteiger partial charge in [-0.15, -0.1) is 10.2 Å². The van der Waals surface area contributed by atoms with Gasteiger partial charge in [0, 0.05) is 23.2 Å². The van der Waals surface area contributed by atoms with E-state index in [0.717, 1.165) is 24.1 Å². The van der Waals surface area contributed by atoms with Gasteiger partial charge in [-0.25, -0.2) is 0 Å². The summed E-state index contributed by atoms with van der Waals surface area (Å²) in [6.07, 6.45) is 0.918. The van der Waals surface area contributed by atoms with Gasteiger partial charge in [-0.1, -0.05) is 18.2 Å². The van der Waals surface area contributed by atoms with Crippen LogP contribution in [0, 0.1) is 0 Å². The normalized spacial score (nSPS) is 10.9. The lowest BCUT2D eigenvalue weighted by Gasteiger charge is -2.10. The van der Waals surface area contributed by atoms with Crippen LogP contribution in [0.4, 0.5) is 0 Å². The second-order valence-electron chi connectivity index (χ2n) is 6.27. The smallest absolute Gasteiger partial charge is 0.251 e. The maximum Gasteiger partial charge on any atom is 0.251 e. The van der Waals surface area contributed by atoms with Gasteiger partial charge in [0.1, 0.15) is 0 Å². The van der Waals surface area contributed by atoms with E-state index in [1.54, 1.807) is 12.1 Å². The molecule has 0 radical (unpaired) electrons. The molecule has 0 aliphatic carbocycles. The molecule has 1 amide bonds. The molecule has 0 saturated carbocycles. The number of hydrogen-bond donors (Lipinski definition) is 1. The minimum absolute atomic E-state index is 0.0780. The fraction of sp³-hybridized carbons (Fsp3) is 0.250. The topological polar surface area (TPSA) is 71.3 Å². The summed E-state index contributed by atoms with van der Waals surface area (Å²) in [6.45, 7) is 1.60. The minimum atomic E-state index is -0.0780. The second kappa shape index (κ2) is 8.40. The molecule has 2 aromatic carbocycles. The van der Waals surface area contributed by atoms with Crippen LogP contribution in [0.1, 0.15) is 16.8 Å². The maximum absolute atomic E-state index is 12.2. The van der Waals surface area contributed by atoms with Gasteiger partial charge in [0.2, 0.25) is 11.8 Å². The van der Waals surface area contributed by atoms with Gasteiger partial charge in [0.15, 0.2) is 0 Å². The fourth-order valence-corrected chi connectivity index (χ4v) is 2.50. The van der Waals surface area contributed by atoms with E-state index in [2.05, 4.69) is 20.4 Å². The number of carbonyl (C=O) groups is 1. The molecule has 6 heteroatoms. The van der Waals surface area contributed by atoms with Gasteiger partial charge in [-0.3, -0.25) is 4.79 Å². The van der Waals surface area contributed by atoms with Crippen molar-refractivity contribution in [2.75, 3.05) is 27.2 Å². The maximum atomic E-state index is 12.2. The lowest BCUT2D eigenvalue weighted by molar-refractivity contribution is 0.0952. The van der Waals surface area contributed by atoms with E-state index in [0.29, 0.717) is 23.9 Å². The van der Waals surface area contributed by atoms with Gasteiger partial charge < -0.3 is 14.6 Å². The van der Waals surface area contributed by atoms with Crippen LogP contribution in [0.2, 0.25) is 0 Å². The third-order valence-corrected chi connectivity index (χ3v) is 3.91. The predicted molar refractivity (Wildman–Crippen MR) is 101 cm³/mol. The highest BCUT2D eigenvalue weighted by Gasteiger charge is 2.11. The Morgan fingerprint density at radius 1 is 0.962 bits per heavy atom. The average Bonchev–Trinajstić information content (AvgIpc) is 3.16. The molecule has 6 nitrogen and oxygen atoms in total. The van der Waals surface area contributed by atoms with Crippen molar-refractivity contribution in [1.29, 1.82) is 0 Å². The van der Waals surface area contributed by atoms with Gasteiger partial charge >= 0.3 is 0 Å². The summed E-state index contributed by atoms with van der Waals surface area (Å²) in [5, 5.41) is 11.1. The lowest BCUT2D eigenvalue weighted by Crippen LogP contribution is -2.27. The van der Waals surface area contributed by atoms with E-state index in [1.165, 1.54) is 0 Å². The van der Waals surface area contributed by atoms with Crippen LogP contribution >= 0.6 is 0 Å². The van der Waals surface area contributed by atoms with E-state index >= 15 is 0 Å². The molecule has 0 saturated heterocycles. The molecular weight excluding hydrogens is 328 g/mol. The van der Waals surface area contributed by atoms with Crippen molar-refractivity contribution < 1.29 is 9.21 Å². The molecule has 26 heavy (non-hydrogen) atoms. The SMILES string of the molecule is CN(C)CCCNC(=O)c1ccc(-c2nnc(-c3ccccc3)o2)cc1. The Hall–Kier alpha value is -2.99. The fourth-order valence-electron chi connectivity index (χ4n) is 2.50. The number of aromatic nitrogens is 2. The summed E-state index contributed by atoms with van der Waals surface area (Å²) in [4.78, 5) is 14.2. The van der Waals surface area contributed by atoms with Crippen LogP contribution < -0.4 is 5.32 Å². The molecule has 1 heterocycles. The zero-order chi connectivity index (χ0) is 18.4. The number of benzene rings is 2. The Morgan fingerprint density at radius 2 is 1.58 bits per heavy atom. The zero-order valence-corrected chi connectivity index (χ0v) is 15.0. The summed E-state index contributed by atoms with van der Waals surface area (Å²) in [5.41, 5.74) is 2.27. The number of hydrogen-bond acceptors (Lipinski definition) is 5. The molecule has 3 aromatic rings. The van der Waals surface area contributed by atoms with Crippen molar-refractivity contribution in [2.24, 2.45) is 0 Å². The zero-order valence-electron chi connectivity index (χ0n) is 15.0. The molecule has 0 atom stereocenters. The Bertz CT molecular complexity index is 842. The molecule has 0 spiro atoms. The third kappa shape index (κ3) is 4.55. The summed E-state index contributed by atoms with van der Waals surface area (Å²) in [5.74, 6) is 0.830.